The SMILES string of the molecule is O=NCC(=O)Nc1cc(F)cc(Br)c1. The summed E-state index contributed by atoms with van der Waals surface area (Å²) in [6, 6.07) is 3.92. The Morgan fingerprint density at radius 2 is 2.21 bits per heavy atom. The van der Waals surface area contributed by atoms with Crippen LogP contribution in [0.5, 0.6) is 0 Å². The average Bonchev–Trinajstić information content (AvgIpc) is 2.01. The number of nitrogens with zero attached hydrogens (tertiary/aromatic N) is 1. The Morgan fingerprint density at radius 1 is 1.50 bits per heavy atom. The Kier molecular flexibility index (Phi) is 3.70. The van der Waals surface area contributed by atoms with Gasteiger partial charge in [-0.1, -0.05) is 21.1 Å². The minimum atomic E-state index is -0.572. The zero-order valence-electron chi connectivity index (χ0n) is 6.96. The summed E-state index contributed by atoms with van der Waals surface area (Å²) in [4.78, 5) is 20.6. The Morgan fingerprint density at radius 3 is 2.79 bits per heavy atom. The highest BCUT2D eigenvalue weighted by molar-refractivity contribution is 9.10. The van der Waals surface area contributed by atoms with Gasteiger partial charge in [-0.3, -0.25) is 4.79 Å². The van der Waals surface area contributed by atoms with Crippen LogP contribution in [-0.2, 0) is 4.79 Å². The van der Waals surface area contributed by atoms with Gasteiger partial charge in [-0.2, -0.15) is 4.91 Å². The highest BCUT2D eigenvalue weighted by atomic mass is 79.9. The summed E-state index contributed by atoms with van der Waals surface area (Å²) in [6.07, 6.45) is 0. The maximum absolute atomic E-state index is 12.8. The van der Waals surface area contributed by atoms with Crippen LogP contribution in [0.15, 0.2) is 27.8 Å². The van der Waals surface area contributed by atoms with Gasteiger partial charge >= 0.3 is 0 Å². The average molecular weight is 261 g/mol. The molecule has 0 spiro atoms. The third kappa shape index (κ3) is 3.21. The molecule has 1 aromatic carbocycles. The van der Waals surface area contributed by atoms with Crippen LogP contribution in [-0.4, -0.2) is 12.5 Å². The number of nitrogens with one attached hydrogen (secondary N) is 1. The molecule has 14 heavy (non-hydrogen) atoms. The quantitative estimate of drug-likeness (QED) is 0.848. The number of amides is 1. The normalized spacial score (nSPS) is 9.57. The van der Waals surface area contributed by atoms with Gasteiger partial charge in [0.15, 0.2) is 6.54 Å². The molecule has 6 heteroatoms. The Labute approximate surface area is 87.6 Å². The van der Waals surface area contributed by atoms with Crippen molar-refractivity contribution in [1.82, 2.24) is 0 Å². The first-order valence-electron chi connectivity index (χ1n) is 3.67. The number of hydrogen-bond donors (Lipinski definition) is 1. The number of carbonyl (C=O) groups is 1. The molecule has 0 saturated heterocycles. The summed E-state index contributed by atoms with van der Waals surface area (Å²) in [5.74, 6) is -1.05. The van der Waals surface area contributed by atoms with E-state index in [0.717, 1.165) is 6.07 Å². The van der Waals surface area contributed by atoms with Crippen molar-refractivity contribution in [3.63, 3.8) is 0 Å². The van der Waals surface area contributed by atoms with Crippen molar-refractivity contribution in [2.24, 2.45) is 5.18 Å². The van der Waals surface area contributed by atoms with Gasteiger partial charge in [0.25, 0.3) is 0 Å². The van der Waals surface area contributed by atoms with Gasteiger partial charge in [-0.15, -0.1) is 0 Å². The van der Waals surface area contributed by atoms with Crippen LogP contribution in [0.4, 0.5) is 10.1 Å². The number of carbonyl (C=O) groups excluding carboxylic acids is 1. The molecule has 0 unspecified atom stereocenters. The summed E-state index contributed by atoms with van der Waals surface area (Å²) >= 11 is 3.07. The smallest absolute Gasteiger partial charge is 0.249 e. The van der Waals surface area contributed by atoms with Crippen LogP contribution in [0.1, 0.15) is 0 Å². The lowest BCUT2D eigenvalue weighted by Gasteiger charge is -2.03. The molecule has 0 atom stereocenters. The van der Waals surface area contributed by atoms with Crippen LogP contribution in [0.25, 0.3) is 0 Å². The van der Waals surface area contributed by atoms with Gasteiger partial charge in [0.05, 0.1) is 0 Å². The zero-order valence-corrected chi connectivity index (χ0v) is 8.54. The predicted octanol–water partition coefficient (Wildman–Crippen LogP) is 2.29. The third-order valence-corrected chi connectivity index (χ3v) is 1.81. The standard InChI is InChI=1S/C8H6BrFN2O2/c9-5-1-6(10)3-7(2-5)12-8(13)4-11-14/h1-3H,4H2,(H,12,13). The largest absolute Gasteiger partial charge is 0.324 e. The maximum atomic E-state index is 12.8. The van der Waals surface area contributed by atoms with E-state index in [1.807, 2.05) is 0 Å². The summed E-state index contributed by atoms with van der Waals surface area (Å²) in [5, 5.41) is 4.73. The highest BCUT2D eigenvalue weighted by Gasteiger charge is 2.03. The third-order valence-electron chi connectivity index (χ3n) is 1.35. The second-order valence-corrected chi connectivity index (χ2v) is 3.41. The van der Waals surface area contributed by atoms with Gasteiger partial charge in [-0.25, -0.2) is 4.39 Å². The first-order valence-corrected chi connectivity index (χ1v) is 4.46. The lowest BCUT2D eigenvalue weighted by Crippen LogP contribution is -2.14. The van der Waals surface area contributed by atoms with Crippen LogP contribution in [0, 0.1) is 10.7 Å². The second-order valence-electron chi connectivity index (χ2n) is 2.49. The van der Waals surface area contributed by atoms with Crippen molar-refractivity contribution in [3.05, 3.63) is 33.4 Å². The fraction of sp³-hybridized carbons (Fsp3) is 0.125. The van der Waals surface area contributed by atoms with E-state index >= 15 is 0 Å². The molecule has 0 heterocycles. The van der Waals surface area contributed by atoms with Crippen molar-refractivity contribution in [2.45, 2.75) is 0 Å². The molecule has 0 aromatic heterocycles. The maximum Gasteiger partial charge on any atom is 0.249 e. The lowest BCUT2D eigenvalue weighted by molar-refractivity contribution is -0.114. The summed E-state index contributed by atoms with van der Waals surface area (Å²) in [7, 11) is 0. The van der Waals surface area contributed by atoms with E-state index in [4.69, 9.17) is 0 Å². The molecule has 1 aromatic rings. The molecule has 0 aliphatic heterocycles. The van der Waals surface area contributed by atoms with Crippen LogP contribution >= 0.6 is 15.9 Å². The molecule has 0 saturated carbocycles. The van der Waals surface area contributed by atoms with E-state index in [0.29, 0.717) is 4.47 Å². The highest BCUT2D eigenvalue weighted by Crippen LogP contribution is 2.18. The summed E-state index contributed by atoms with van der Waals surface area (Å²) in [6.45, 7) is -0.478. The molecule has 0 aliphatic rings. The van der Waals surface area contributed by atoms with Crippen LogP contribution < -0.4 is 5.32 Å². The topological polar surface area (TPSA) is 58.5 Å². The van der Waals surface area contributed by atoms with Crippen molar-refractivity contribution < 1.29 is 9.18 Å². The van der Waals surface area contributed by atoms with E-state index in [9.17, 15) is 14.1 Å². The summed E-state index contributed by atoms with van der Waals surface area (Å²) < 4.78 is 13.3. The zero-order chi connectivity index (χ0) is 10.6. The van der Waals surface area contributed by atoms with Crippen molar-refractivity contribution in [2.75, 3.05) is 11.9 Å². The van der Waals surface area contributed by atoms with E-state index in [1.54, 1.807) is 0 Å². The van der Waals surface area contributed by atoms with Gasteiger partial charge in [0.2, 0.25) is 5.91 Å². The molecular weight excluding hydrogens is 255 g/mol. The number of hydrogen-bond acceptors (Lipinski definition) is 3. The van der Waals surface area contributed by atoms with Crippen LogP contribution in [0.2, 0.25) is 0 Å². The Balaban J connectivity index is 2.76. The number of halogens is 2. The fourth-order valence-corrected chi connectivity index (χ4v) is 1.35. The molecule has 0 aliphatic carbocycles. The monoisotopic (exact) mass is 260 g/mol. The second kappa shape index (κ2) is 4.80. The fourth-order valence-electron chi connectivity index (χ4n) is 0.885. The first kappa shape index (κ1) is 10.8. The van der Waals surface area contributed by atoms with E-state index in [1.165, 1.54) is 12.1 Å². The van der Waals surface area contributed by atoms with E-state index in [-0.39, 0.29) is 5.69 Å². The number of anilines is 1. The molecule has 0 radical (unpaired) electrons. The molecule has 4 nitrogen and oxygen atoms in total. The van der Waals surface area contributed by atoms with Gasteiger partial charge in [0, 0.05) is 10.2 Å². The minimum absolute atomic E-state index is 0.283. The predicted molar refractivity (Wildman–Crippen MR) is 53.4 cm³/mol. The Hall–Kier alpha value is -1.30. The number of benzene rings is 1. The van der Waals surface area contributed by atoms with E-state index < -0.39 is 18.3 Å². The van der Waals surface area contributed by atoms with Crippen molar-refractivity contribution in [1.29, 1.82) is 0 Å². The van der Waals surface area contributed by atoms with Crippen molar-refractivity contribution >= 4 is 27.5 Å². The van der Waals surface area contributed by atoms with Gasteiger partial charge < -0.3 is 5.32 Å². The van der Waals surface area contributed by atoms with Crippen LogP contribution in [0.3, 0.4) is 0 Å². The summed E-state index contributed by atoms with van der Waals surface area (Å²) in [5.41, 5.74) is 0.283. The number of nitroso groups, excluding NO2 is 1. The van der Waals surface area contributed by atoms with Crippen molar-refractivity contribution in [3.8, 4) is 0 Å². The molecule has 1 N–H and O–H groups in total. The molecule has 0 bridgehead atoms. The molecule has 1 rings (SSSR count). The lowest BCUT2D eigenvalue weighted by atomic mass is 10.3. The molecule has 0 fully saturated rings. The van der Waals surface area contributed by atoms with E-state index in [2.05, 4.69) is 26.4 Å². The Bertz CT molecular complexity index is 350. The molecular formula is C8H6BrFN2O2. The first-order chi connectivity index (χ1) is 6.61. The van der Waals surface area contributed by atoms with Gasteiger partial charge in [-0.05, 0) is 18.2 Å². The molecule has 1 amide bonds. The molecule has 74 valence electrons. The van der Waals surface area contributed by atoms with Gasteiger partial charge in [0.1, 0.15) is 5.82 Å². The number of rotatable bonds is 3. The minimum Gasteiger partial charge on any atom is -0.324 e.